The molecular formula is C21H17N3. The number of para-hydroxylation sites is 3. The fraction of sp³-hybridized carbons (Fsp3) is 0. The number of benzene rings is 3. The summed E-state index contributed by atoms with van der Waals surface area (Å²) in [6.45, 7) is 0. The second kappa shape index (κ2) is 6.42. The molecule has 1 aromatic heterocycles. The van der Waals surface area contributed by atoms with E-state index in [9.17, 15) is 0 Å². The second-order valence-electron chi connectivity index (χ2n) is 5.49. The summed E-state index contributed by atoms with van der Waals surface area (Å²) in [4.78, 5) is 2.26. The summed E-state index contributed by atoms with van der Waals surface area (Å²) in [7, 11) is 0. The van der Waals surface area contributed by atoms with E-state index in [2.05, 4.69) is 81.8 Å². The van der Waals surface area contributed by atoms with Crippen LogP contribution < -0.4 is 4.90 Å². The molecule has 0 saturated heterocycles. The zero-order valence-electron chi connectivity index (χ0n) is 13.1. The highest BCUT2D eigenvalue weighted by atomic mass is 15.2. The van der Waals surface area contributed by atoms with Gasteiger partial charge in [-0.1, -0.05) is 54.6 Å². The minimum Gasteiger partial charge on any atom is -0.310 e. The molecule has 0 radical (unpaired) electrons. The number of nitrogens with zero attached hydrogens (tertiary/aromatic N) is 2. The molecule has 0 saturated carbocycles. The maximum atomic E-state index is 4.10. The van der Waals surface area contributed by atoms with Crippen molar-refractivity contribution in [1.29, 1.82) is 0 Å². The zero-order chi connectivity index (χ0) is 16.2. The molecule has 0 aliphatic heterocycles. The predicted molar refractivity (Wildman–Crippen MR) is 98.7 cm³/mol. The largest absolute Gasteiger partial charge is 0.310 e. The third-order valence-electron chi connectivity index (χ3n) is 3.96. The molecule has 0 aliphatic carbocycles. The number of aromatic nitrogens is 2. The quantitative estimate of drug-likeness (QED) is 0.536. The van der Waals surface area contributed by atoms with Gasteiger partial charge in [-0.15, -0.1) is 0 Å². The SMILES string of the molecule is c1ccc(N(c2ccccc2)c2ccccc2-c2ccn[nH]2)cc1. The maximum absolute atomic E-state index is 4.10. The number of H-pyrrole nitrogens is 1. The van der Waals surface area contributed by atoms with E-state index in [1.165, 1.54) is 0 Å². The summed E-state index contributed by atoms with van der Waals surface area (Å²) < 4.78 is 0. The molecule has 3 nitrogen and oxygen atoms in total. The van der Waals surface area contributed by atoms with Crippen LogP contribution in [0.15, 0.2) is 97.2 Å². The van der Waals surface area contributed by atoms with Crippen LogP contribution in [-0.4, -0.2) is 10.2 Å². The summed E-state index contributed by atoms with van der Waals surface area (Å²) >= 11 is 0. The molecular weight excluding hydrogens is 294 g/mol. The van der Waals surface area contributed by atoms with Crippen LogP contribution in [-0.2, 0) is 0 Å². The van der Waals surface area contributed by atoms with Crippen molar-refractivity contribution in [3.8, 4) is 11.3 Å². The zero-order valence-corrected chi connectivity index (χ0v) is 13.1. The Kier molecular flexibility index (Phi) is 3.82. The van der Waals surface area contributed by atoms with Gasteiger partial charge < -0.3 is 4.90 Å². The molecule has 116 valence electrons. The van der Waals surface area contributed by atoms with Crippen molar-refractivity contribution in [2.24, 2.45) is 0 Å². The Labute approximate surface area is 141 Å². The lowest BCUT2D eigenvalue weighted by atomic mass is 10.1. The lowest BCUT2D eigenvalue weighted by molar-refractivity contribution is 1.09. The van der Waals surface area contributed by atoms with Gasteiger partial charge in [0.25, 0.3) is 0 Å². The Morgan fingerprint density at radius 2 is 1.21 bits per heavy atom. The van der Waals surface area contributed by atoms with Crippen LogP contribution in [0.4, 0.5) is 17.1 Å². The van der Waals surface area contributed by atoms with Crippen LogP contribution in [0.2, 0.25) is 0 Å². The van der Waals surface area contributed by atoms with Gasteiger partial charge in [-0.3, -0.25) is 5.10 Å². The second-order valence-corrected chi connectivity index (χ2v) is 5.49. The normalized spacial score (nSPS) is 10.5. The first kappa shape index (κ1) is 14.3. The Bertz CT molecular complexity index is 861. The molecule has 3 aromatic carbocycles. The van der Waals surface area contributed by atoms with E-state index in [4.69, 9.17) is 0 Å². The molecule has 0 aliphatic rings. The smallest absolute Gasteiger partial charge is 0.0671 e. The summed E-state index contributed by atoms with van der Waals surface area (Å²) in [5.41, 5.74) is 5.47. The molecule has 0 fully saturated rings. The number of hydrogen-bond donors (Lipinski definition) is 1. The Balaban J connectivity index is 1.93. The standard InChI is InChI=1S/C21H17N3/c1-3-9-17(10-4-1)24(18-11-5-2-6-12-18)21-14-8-7-13-19(21)20-15-16-22-23-20/h1-16H,(H,22,23). The molecule has 0 unspecified atom stereocenters. The van der Waals surface area contributed by atoms with Crippen molar-refractivity contribution in [2.45, 2.75) is 0 Å². The van der Waals surface area contributed by atoms with Gasteiger partial charge in [-0.2, -0.15) is 5.10 Å². The molecule has 4 aromatic rings. The van der Waals surface area contributed by atoms with Crippen LogP contribution in [0.25, 0.3) is 11.3 Å². The fourth-order valence-electron chi connectivity index (χ4n) is 2.88. The first-order valence-electron chi connectivity index (χ1n) is 7.92. The topological polar surface area (TPSA) is 31.9 Å². The summed E-state index contributed by atoms with van der Waals surface area (Å²) in [5.74, 6) is 0. The molecule has 24 heavy (non-hydrogen) atoms. The van der Waals surface area contributed by atoms with Crippen LogP contribution in [0.3, 0.4) is 0 Å². The third-order valence-corrected chi connectivity index (χ3v) is 3.96. The summed E-state index contributed by atoms with van der Waals surface area (Å²) in [5, 5.41) is 7.18. The average molecular weight is 311 g/mol. The number of aromatic amines is 1. The number of nitrogens with one attached hydrogen (secondary N) is 1. The summed E-state index contributed by atoms with van der Waals surface area (Å²) in [6, 6.07) is 31.1. The molecule has 0 spiro atoms. The van der Waals surface area contributed by atoms with E-state index < -0.39 is 0 Å². The monoisotopic (exact) mass is 311 g/mol. The molecule has 0 amide bonds. The Hall–Kier alpha value is -3.33. The van der Waals surface area contributed by atoms with Crippen molar-refractivity contribution < 1.29 is 0 Å². The van der Waals surface area contributed by atoms with Crippen LogP contribution >= 0.6 is 0 Å². The minimum atomic E-state index is 1.00. The molecule has 0 atom stereocenters. The van der Waals surface area contributed by atoms with Gasteiger partial charge in [-0.05, 0) is 36.4 Å². The Morgan fingerprint density at radius 3 is 1.79 bits per heavy atom. The lowest BCUT2D eigenvalue weighted by Crippen LogP contribution is -2.10. The molecule has 0 bridgehead atoms. The fourth-order valence-corrected chi connectivity index (χ4v) is 2.88. The van der Waals surface area contributed by atoms with E-state index in [0.29, 0.717) is 0 Å². The predicted octanol–water partition coefficient (Wildman–Crippen LogP) is 5.55. The third kappa shape index (κ3) is 2.68. The molecule has 4 rings (SSSR count). The first-order chi connectivity index (χ1) is 11.9. The molecule has 3 heteroatoms. The lowest BCUT2D eigenvalue weighted by Gasteiger charge is -2.27. The highest BCUT2D eigenvalue weighted by Gasteiger charge is 2.16. The van der Waals surface area contributed by atoms with Crippen molar-refractivity contribution in [1.82, 2.24) is 10.2 Å². The average Bonchev–Trinajstić information content (AvgIpc) is 3.19. The minimum absolute atomic E-state index is 1.00. The first-order valence-corrected chi connectivity index (χ1v) is 7.92. The highest BCUT2D eigenvalue weighted by Crippen LogP contribution is 2.39. The molecule has 1 heterocycles. The van der Waals surface area contributed by atoms with Crippen molar-refractivity contribution >= 4 is 17.1 Å². The van der Waals surface area contributed by atoms with Gasteiger partial charge in [0.2, 0.25) is 0 Å². The van der Waals surface area contributed by atoms with E-state index in [1.807, 2.05) is 24.3 Å². The van der Waals surface area contributed by atoms with Gasteiger partial charge in [0.1, 0.15) is 0 Å². The summed E-state index contributed by atoms with van der Waals surface area (Å²) in [6.07, 6.45) is 1.78. The van der Waals surface area contributed by atoms with E-state index >= 15 is 0 Å². The van der Waals surface area contributed by atoms with Crippen molar-refractivity contribution in [3.63, 3.8) is 0 Å². The number of hydrogen-bond acceptors (Lipinski definition) is 2. The van der Waals surface area contributed by atoms with E-state index in [1.54, 1.807) is 6.20 Å². The van der Waals surface area contributed by atoms with Crippen molar-refractivity contribution in [2.75, 3.05) is 4.90 Å². The van der Waals surface area contributed by atoms with Crippen LogP contribution in [0.1, 0.15) is 0 Å². The maximum Gasteiger partial charge on any atom is 0.0671 e. The van der Waals surface area contributed by atoms with Gasteiger partial charge in [0.15, 0.2) is 0 Å². The van der Waals surface area contributed by atoms with Crippen LogP contribution in [0, 0.1) is 0 Å². The Morgan fingerprint density at radius 1 is 0.625 bits per heavy atom. The highest BCUT2D eigenvalue weighted by molar-refractivity contribution is 5.86. The van der Waals surface area contributed by atoms with E-state index in [-0.39, 0.29) is 0 Å². The van der Waals surface area contributed by atoms with Gasteiger partial charge in [0, 0.05) is 23.1 Å². The number of rotatable bonds is 4. The van der Waals surface area contributed by atoms with Gasteiger partial charge in [-0.25, -0.2) is 0 Å². The van der Waals surface area contributed by atoms with Crippen LogP contribution in [0.5, 0.6) is 0 Å². The van der Waals surface area contributed by atoms with E-state index in [0.717, 1.165) is 28.3 Å². The van der Waals surface area contributed by atoms with Gasteiger partial charge >= 0.3 is 0 Å². The van der Waals surface area contributed by atoms with Gasteiger partial charge in [0.05, 0.1) is 11.4 Å². The number of anilines is 3. The molecule has 1 N–H and O–H groups in total. The van der Waals surface area contributed by atoms with Crippen molar-refractivity contribution in [3.05, 3.63) is 97.2 Å².